The summed E-state index contributed by atoms with van der Waals surface area (Å²) in [5, 5.41) is 3.92. The molecule has 0 N–H and O–H groups in total. The van der Waals surface area contributed by atoms with Crippen LogP contribution >= 0.6 is 0 Å². The third-order valence-electron chi connectivity index (χ3n) is 11.0. The molecule has 0 amide bonds. The van der Waals surface area contributed by atoms with E-state index in [-0.39, 0.29) is 0 Å². The van der Waals surface area contributed by atoms with Crippen LogP contribution in [0, 0.1) is 0 Å². The molecule has 0 radical (unpaired) electrons. The maximum atomic E-state index is 2.40. The molecular weight excluding hydrogens is 717 g/mol. The zero-order chi connectivity index (χ0) is 39.5. The molecule has 0 aliphatic carbocycles. The molecule has 58 heavy (non-hydrogen) atoms. The molecule has 0 aliphatic rings. The molecule has 2 nitrogen and oxygen atoms in total. The van der Waals surface area contributed by atoms with Crippen LogP contribution in [0.4, 0.5) is 34.1 Å². The second-order valence-electron chi connectivity index (χ2n) is 15.9. The Morgan fingerprint density at radius 2 is 0.672 bits per heavy atom. The Labute approximate surface area is 344 Å². The van der Waals surface area contributed by atoms with Gasteiger partial charge in [0.25, 0.3) is 0 Å². The molecule has 0 aromatic heterocycles. The van der Waals surface area contributed by atoms with Crippen LogP contribution in [0.1, 0.15) is 0 Å². The highest BCUT2D eigenvalue weighted by Crippen LogP contribution is 2.42. The Morgan fingerprint density at radius 3 is 1.21 bits per heavy atom. The highest BCUT2D eigenvalue weighted by Gasteiger charge is 2.20. The molecule has 0 aliphatic heterocycles. The highest BCUT2D eigenvalue weighted by molar-refractivity contribution is 6.88. The fourth-order valence-electron chi connectivity index (χ4n) is 7.94. The van der Waals surface area contributed by atoms with Gasteiger partial charge in [-0.15, -0.1) is 0 Å². The van der Waals surface area contributed by atoms with Crippen molar-refractivity contribution in [3.8, 4) is 33.4 Å². The fourth-order valence-corrected chi connectivity index (χ4v) is 9.10. The summed E-state index contributed by atoms with van der Waals surface area (Å²) in [5.74, 6) is 0. The summed E-state index contributed by atoms with van der Waals surface area (Å²) >= 11 is 0. The van der Waals surface area contributed by atoms with Crippen LogP contribution in [0.25, 0.3) is 44.2 Å². The SMILES string of the molecule is C[Si](C)(C)c1ccc(-c2ccccc2N(c2ccccc2)c2ccc(-c3ccc(-c4ccc(N(c5ccccc5)c5cccc6ccccc56)cc4)cc3)cc2)cc1. The van der Waals surface area contributed by atoms with Crippen LogP contribution in [0.15, 0.2) is 224 Å². The van der Waals surface area contributed by atoms with Crippen LogP contribution < -0.4 is 15.0 Å². The first-order valence-corrected chi connectivity index (χ1v) is 23.6. The van der Waals surface area contributed by atoms with Gasteiger partial charge < -0.3 is 9.80 Å². The number of nitrogens with zero attached hydrogens (tertiary/aromatic N) is 2. The van der Waals surface area contributed by atoms with Gasteiger partial charge in [-0.1, -0.05) is 189 Å². The first kappa shape index (κ1) is 36.7. The number of para-hydroxylation sites is 3. The Balaban J connectivity index is 0.992. The van der Waals surface area contributed by atoms with Crippen LogP contribution in [0.3, 0.4) is 0 Å². The molecule has 0 spiro atoms. The third-order valence-corrected chi connectivity index (χ3v) is 13.1. The molecule has 0 heterocycles. The summed E-state index contributed by atoms with van der Waals surface area (Å²) in [7, 11) is -1.40. The monoisotopic (exact) mass is 762 g/mol. The van der Waals surface area contributed by atoms with Crippen LogP contribution in [0.2, 0.25) is 19.6 Å². The fraction of sp³-hybridized carbons (Fsp3) is 0.0545. The van der Waals surface area contributed by atoms with Gasteiger partial charge in [-0.3, -0.25) is 0 Å². The van der Waals surface area contributed by atoms with Gasteiger partial charge in [-0.05, 0) is 93.9 Å². The van der Waals surface area contributed by atoms with Gasteiger partial charge in [0, 0.05) is 33.7 Å². The lowest BCUT2D eigenvalue weighted by atomic mass is 9.99. The first-order valence-electron chi connectivity index (χ1n) is 20.1. The molecule has 0 saturated heterocycles. The summed E-state index contributed by atoms with van der Waals surface area (Å²) in [6.45, 7) is 7.20. The Bertz CT molecular complexity index is 2770. The van der Waals surface area contributed by atoms with Crippen molar-refractivity contribution in [2.75, 3.05) is 9.80 Å². The number of anilines is 6. The molecule has 0 unspecified atom stereocenters. The van der Waals surface area contributed by atoms with E-state index in [0.717, 1.165) is 34.1 Å². The lowest BCUT2D eigenvalue weighted by Crippen LogP contribution is -2.37. The van der Waals surface area contributed by atoms with Crippen molar-refractivity contribution in [2.24, 2.45) is 0 Å². The second-order valence-corrected chi connectivity index (χ2v) is 20.9. The quantitative estimate of drug-likeness (QED) is 0.128. The molecule has 9 aromatic rings. The smallest absolute Gasteiger partial charge is 0.0775 e. The van der Waals surface area contributed by atoms with Gasteiger partial charge in [-0.2, -0.15) is 0 Å². The average Bonchev–Trinajstić information content (AvgIpc) is 3.28. The molecule has 0 bridgehead atoms. The van der Waals surface area contributed by atoms with Gasteiger partial charge >= 0.3 is 0 Å². The highest BCUT2D eigenvalue weighted by atomic mass is 28.3. The molecular formula is C55H46N2Si. The van der Waals surface area contributed by atoms with Crippen LogP contribution in [0.5, 0.6) is 0 Å². The van der Waals surface area contributed by atoms with Gasteiger partial charge in [0.05, 0.1) is 19.4 Å². The lowest BCUT2D eigenvalue weighted by Gasteiger charge is -2.28. The van der Waals surface area contributed by atoms with Crippen molar-refractivity contribution in [1.29, 1.82) is 0 Å². The molecule has 9 rings (SSSR count). The summed E-state index contributed by atoms with van der Waals surface area (Å²) in [4.78, 5) is 4.72. The molecule has 3 heteroatoms. The van der Waals surface area contributed by atoms with E-state index in [1.165, 1.54) is 49.3 Å². The number of hydrogen-bond donors (Lipinski definition) is 0. The lowest BCUT2D eigenvalue weighted by molar-refractivity contribution is 1.28. The van der Waals surface area contributed by atoms with Crippen molar-refractivity contribution in [3.63, 3.8) is 0 Å². The Hall–Kier alpha value is -6.94. The van der Waals surface area contributed by atoms with E-state index in [1.807, 2.05) is 0 Å². The molecule has 0 atom stereocenters. The summed E-state index contributed by atoms with van der Waals surface area (Å²) in [6, 6.07) is 81.3. The normalized spacial score (nSPS) is 11.4. The minimum atomic E-state index is -1.40. The van der Waals surface area contributed by atoms with Crippen molar-refractivity contribution in [1.82, 2.24) is 0 Å². The number of benzene rings is 9. The van der Waals surface area contributed by atoms with E-state index in [4.69, 9.17) is 0 Å². The summed E-state index contributed by atoms with van der Waals surface area (Å²) < 4.78 is 0. The Kier molecular flexibility index (Phi) is 10.1. The van der Waals surface area contributed by atoms with E-state index in [1.54, 1.807) is 0 Å². The van der Waals surface area contributed by atoms with Crippen molar-refractivity contribution in [3.05, 3.63) is 224 Å². The van der Waals surface area contributed by atoms with E-state index in [0.29, 0.717) is 0 Å². The topological polar surface area (TPSA) is 6.48 Å². The largest absolute Gasteiger partial charge is 0.310 e. The van der Waals surface area contributed by atoms with Gasteiger partial charge in [0.1, 0.15) is 0 Å². The van der Waals surface area contributed by atoms with Crippen LogP contribution in [-0.2, 0) is 0 Å². The van der Waals surface area contributed by atoms with E-state index >= 15 is 0 Å². The first-order chi connectivity index (χ1) is 28.4. The maximum absolute atomic E-state index is 2.40. The number of hydrogen-bond acceptors (Lipinski definition) is 2. The molecule has 0 fully saturated rings. The zero-order valence-corrected chi connectivity index (χ0v) is 34.3. The van der Waals surface area contributed by atoms with Gasteiger partial charge in [0.15, 0.2) is 0 Å². The second kappa shape index (κ2) is 15.9. The molecule has 9 aromatic carbocycles. The van der Waals surface area contributed by atoms with E-state index < -0.39 is 8.07 Å². The van der Waals surface area contributed by atoms with Gasteiger partial charge in [-0.25, -0.2) is 0 Å². The minimum absolute atomic E-state index is 1.12. The van der Waals surface area contributed by atoms with E-state index in [9.17, 15) is 0 Å². The predicted molar refractivity (Wildman–Crippen MR) is 253 cm³/mol. The van der Waals surface area contributed by atoms with Crippen LogP contribution in [-0.4, -0.2) is 8.07 Å². The summed E-state index contributed by atoms with van der Waals surface area (Å²) in [6.07, 6.45) is 0. The molecule has 0 saturated carbocycles. The van der Waals surface area contributed by atoms with E-state index in [2.05, 4.69) is 254 Å². The van der Waals surface area contributed by atoms with Crippen molar-refractivity contribution < 1.29 is 0 Å². The number of rotatable bonds is 10. The van der Waals surface area contributed by atoms with Gasteiger partial charge in [0.2, 0.25) is 0 Å². The minimum Gasteiger partial charge on any atom is -0.310 e. The number of fused-ring (bicyclic) bond motifs is 1. The Morgan fingerprint density at radius 1 is 0.293 bits per heavy atom. The van der Waals surface area contributed by atoms with Crippen molar-refractivity contribution in [2.45, 2.75) is 19.6 Å². The average molecular weight is 763 g/mol. The van der Waals surface area contributed by atoms with Crippen molar-refractivity contribution >= 4 is 58.2 Å². The predicted octanol–water partition coefficient (Wildman–Crippen LogP) is 15.3. The maximum Gasteiger partial charge on any atom is 0.0775 e. The summed E-state index contributed by atoms with van der Waals surface area (Å²) in [5.41, 5.74) is 14.0. The molecule has 280 valence electrons. The zero-order valence-electron chi connectivity index (χ0n) is 33.3. The standard InChI is InChI=1S/C55H46N2Si/c1-58(2,3)51-39-33-46(34-40-51)53-22-12-13-23-54(53)56(47-17-6-4-7-18-47)49-35-29-43(30-36-49)41-25-27-42(28-26-41)44-31-37-50(38-32-44)57(48-19-8-5-9-20-48)55-24-14-16-45-15-10-11-21-52(45)55/h4-40H,1-3H3. The third kappa shape index (κ3) is 7.48.